The smallest absolute Gasteiger partial charge is 0.267 e. The van der Waals surface area contributed by atoms with Gasteiger partial charge in [-0.3, -0.25) is 4.79 Å². The number of carbonyl (C=O) groups excluding carboxylic acids is 1. The van der Waals surface area contributed by atoms with Gasteiger partial charge >= 0.3 is 0 Å². The fraction of sp³-hybridized carbons (Fsp3) is 0.471. The molecule has 0 saturated carbocycles. The minimum atomic E-state index is -0.538. The molecule has 122 valence electrons. The van der Waals surface area contributed by atoms with Crippen LogP contribution in [0.4, 0.5) is 0 Å². The topological polar surface area (TPSA) is 67.8 Å². The van der Waals surface area contributed by atoms with Crippen molar-refractivity contribution in [1.82, 2.24) is 5.48 Å². The Kier molecular flexibility index (Phi) is 7.80. The van der Waals surface area contributed by atoms with Crippen LogP contribution in [0.5, 0.6) is 0 Å². The summed E-state index contributed by atoms with van der Waals surface area (Å²) in [6.45, 7) is 8.06. The number of aliphatic hydroxyl groups excluding tert-OH is 1. The molecule has 0 heterocycles. The normalized spacial score (nSPS) is 14.3. The molecule has 0 aliphatic carbocycles. The first-order chi connectivity index (χ1) is 10.4. The van der Waals surface area contributed by atoms with Crippen molar-refractivity contribution in [2.75, 3.05) is 6.61 Å². The molecule has 1 rings (SSSR count). The molecule has 0 aliphatic rings. The van der Waals surface area contributed by atoms with Crippen LogP contribution in [-0.4, -0.2) is 23.9 Å². The number of nitrogens with one attached hydrogen (secondary N) is 1. The summed E-state index contributed by atoms with van der Waals surface area (Å²) in [4.78, 5) is 16.7. The number of hydrogen-bond donors (Lipinski definition) is 2. The summed E-state index contributed by atoms with van der Waals surface area (Å²) < 4.78 is 5.37. The van der Waals surface area contributed by atoms with Gasteiger partial charge in [-0.15, -0.1) is 0 Å². The van der Waals surface area contributed by atoms with Gasteiger partial charge in [-0.1, -0.05) is 32.0 Å². The highest BCUT2D eigenvalue weighted by Gasteiger charge is 2.05. The van der Waals surface area contributed by atoms with E-state index >= 15 is 0 Å². The summed E-state index contributed by atoms with van der Waals surface area (Å²) in [5, 5.41) is 9.52. The third-order valence-electron chi connectivity index (χ3n) is 2.81. The molecular weight excluding hydrogens is 282 g/mol. The van der Waals surface area contributed by atoms with Crippen LogP contribution in [0.2, 0.25) is 0 Å². The lowest BCUT2D eigenvalue weighted by atomic mass is 10.1. The van der Waals surface area contributed by atoms with Gasteiger partial charge in [-0.2, -0.15) is 0 Å². The fourth-order valence-electron chi connectivity index (χ4n) is 1.63. The third kappa shape index (κ3) is 7.36. The molecule has 0 aliphatic heterocycles. The van der Waals surface area contributed by atoms with Crippen molar-refractivity contribution < 1.29 is 19.5 Å². The van der Waals surface area contributed by atoms with Crippen LogP contribution in [0.25, 0.3) is 6.08 Å². The van der Waals surface area contributed by atoms with E-state index < -0.39 is 12.4 Å². The fourth-order valence-corrected chi connectivity index (χ4v) is 1.63. The number of ether oxygens (including phenoxy) is 1. The second kappa shape index (κ2) is 9.35. The van der Waals surface area contributed by atoms with E-state index in [9.17, 15) is 9.90 Å². The van der Waals surface area contributed by atoms with Crippen molar-refractivity contribution in [2.45, 2.75) is 40.1 Å². The zero-order valence-electron chi connectivity index (χ0n) is 13.6. The predicted octanol–water partition coefficient (Wildman–Crippen LogP) is 2.82. The highest BCUT2D eigenvalue weighted by atomic mass is 16.8. The minimum absolute atomic E-state index is 0.373. The maximum atomic E-state index is 11.6. The monoisotopic (exact) mass is 307 g/mol. The van der Waals surface area contributed by atoms with Crippen LogP contribution in [0.15, 0.2) is 30.3 Å². The predicted molar refractivity (Wildman–Crippen MR) is 85.6 cm³/mol. The molecule has 1 aromatic carbocycles. The summed E-state index contributed by atoms with van der Waals surface area (Å²) in [5.74, 6) is 0.0327. The van der Waals surface area contributed by atoms with E-state index in [0.717, 1.165) is 11.1 Å². The SMILES string of the molecule is CC(C)COC(C)ONC(=O)/C=C/c1cccc(C(C)O)c1. The van der Waals surface area contributed by atoms with E-state index in [1.807, 2.05) is 38.1 Å². The van der Waals surface area contributed by atoms with Gasteiger partial charge in [0.25, 0.3) is 5.91 Å². The summed E-state index contributed by atoms with van der Waals surface area (Å²) in [6, 6.07) is 7.34. The second-order valence-electron chi connectivity index (χ2n) is 5.56. The minimum Gasteiger partial charge on any atom is -0.389 e. The molecule has 22 heavy (non-hydrogen) atoms. The van der Waals surface area contributed by atoms with Crippen molar-refractivity contribution in [2.24, 2.45) is 5.92 Å². The molecule has 2 unspecified atom stereocenters. The van der Waals surface area contributed by atoms with Gasteiger partial charge in [0.1, 0.15) is 0 Å². The molecule has 0 spiro atoms. The largest absolute Gasteiger partial charge is 0.389 e. The summed E-state index contributed by atoms with van der Waals surface area (Å²) >= 11 is 0. The molecule has 0 radical (unpaired) electrons. The van der Waals surface area contributed by atoms with Crippen molar-refractivity contribution in [3.8, 4) is 0 Å². The second-order valence-corrected chi connectivity index (χ2v) is 5.56. The van der Waals surface area contributed by atoms with Crippen molar-refractivity contribution in [3.05, 3.63) is 41.5 Å². The number of aliphatic hydroxyl groups is 1. The zero-order valence-corrected chi connectivity index (χ0v) is 13.6. The zero-order chi connectivity index (χ0) is 16.5. The molecule has 0 aromatic heterocycles. The number of hydrogen-bond acceptors (Lipinski definition) is 4. The number of carbonyl (C=O) groups is 1. The van der Waals surface area contributed by atoms with Gasteiger partial charge in [0.15, 0.2) is 6.29 Å². The standard InChI is InChI=1S/C17H25NO4/c1-12(2)11-21-14(4)22-18-17(20)9-8-15-6-5-7-16(10-15)13(3)19/h5-10,12-14,19H,11H2,1-4H3,(H,18,20)/b9-8+. The van der Waals surface area contributed by atoms with Gasteiger partial charge in [-0.25, -0.2) is 10.3 Å². The van der Waals surface area contributed by atoms with Crippen molar-refractivity contribution >= 4 is 12.0 Å². The van der Waals surface area contributed by atoms with Gasteiger partial charge in [-0.05, 0) is 43.0 Å². The molecular formula is C17H25NO4. The Morgan fingerprint density at radius 1 is 1.32 bits per heavy atom. The molecule has 0 fully saturated rings. The average molecular weight is 307 g/mol. The molecule has 0 bridgehead atoms. The molecule has 5 nitrogen and oxygen atoms in total. The molecule has 2 N–H and O–H groups in total. The van der Waals surface area contributed by atoms with E-state index in [2.05, 4.69) is 5.48 Å². The van der Waals surface area contributed by atoms with Gasteiger partial charge < -0.3 is 9.84 Å². The van der Waals surface area contributed by atoms with E-state index in [1.54, 1.807) is 19.9 Å². The Labute approximate surface area is 131 Å². The lowest BCUT2D eigenvalue weighted by molar-refractivity contribution is -0.180. The summed E-state index contributed by atoms with van der Waals surface area (Å²) in [6.07, 6.45) is 1.99. The molecule has 0 saturated heterocycles. The molecule has 5 heteroatoms. The van der Waals surface area contributed by atoms with Crippen LogP contribution < -0.4 is 5.48 Å². The first-order valence-electron chi connectivity index (χ1n) is 7.41. The first kappa shape index (κ1) is 18.4. The Hall–Kier alpha value is -1.69. The quantitative estimate of drug-likeness (QED) is 0.440. The maximum Gasteiger partial charge on any atom is 0.267 e. The summed E-state index contributed by atoms with van der Waals surface area (Å²) in [7, 11) is 0. The third-order valence-corrected chi connectivity index (χ3v) is 2.81. The van der Waals surface area contributed by atoms with E-state index in [1.165, 1.54) is 6.08 Å². The van der Waals surface area contributed by atoms with E-state index in [4.69, 9.17) is 9.57 Å². The van der Waals surface area contributed by atoms with Crippen molar-refractivity contribution in [1.29, 1.82) is 0 Å². The maximum absolute atomic E-state index is 11.6. The van der Waals surface area contributed by atoms with Gasteiger partial charge in [0, 0.05) is 6.08 Å². The molecule has 2 atom stereocenters. The summed E-state index contributed by atoms with van der Waals surface area (Å²) in [5.41, 5.74) is 3.95. The lowest BCUT2D eigenvalue weighted by Gasteiger charge is -2.14. The average Bonchev–Trinajstić information content (AvgIpc) is 2.49. The lowest BCUT2D eigenvalue weighted by Crippen LogP contribution is -2.29. The Morgan fingerprint density at radius 3 is 2.68 bits per heavy atom. The van der Waals surface area contributed by atoms with E-state index in [0.29, 0.717) is 12.5 Å². The van der Waals surface area contributed by atoms with Crippen LogP contribution in [0.1, 0.15) is 44.9 Å². The number of rotatable bonds is 8. The van der Waals surface area contributed by atoms with Crippen molar-refractivity contribution in [3.63, 3.8) is 0 Å². The van der Waals surface area contributed by atoms with E-state index in [-0.39, 0.29) is 5.91 Å². The number of benzene rings is 1. The molecule has 1 aromatic rings. The molecule has 1 amide bonds. The highest BCUT2D eigenvalue weighted by Crippen LogP contribution is 2.14. The number of hydroxylamine groups is 1. The van der Waals surface area contributed by atoms with Gasteiger partial charge in [0.2, 0.25) is 0 Å². The van der Waals surface area contributed by atoms with Crippen LogP contribution in [0, 0.1) is 5.92 Å². The van der Waals surface area contributed by atoms with Gasteiger partial charge in [0.05, 0.1) is 12.7 Å². The number of amides is 1. The Morgan fingerprint density at radius 2 is 2.05 bits per heavy atom. The van der Waals surface area contributed by atoms with Crippen LogP contribution in [-0.2, 0) is 14.4 Å². The van der Waals surface area contributed by atoms with Crippen LogP contribution in [0.3, 0.4) is 0 Å². The Bertz CT molecular complexity index is 497. The highest BCUT2D eigenvalue weighted by molar-refractivity contribution is 5.90. The Balaban J connectivity index is 2.42. The van der Waals surface area contributed by atoms with Crippen LogP contribution >= 0.6 is 0 Å². The first-order valence-corrected chi connectivity index (χ1v) is 7.41.